The van der Waals surface area contributed by atoms with Crippen LogP contribution in [0.2, 0.25) is 0 Å². The Kier molecular flexibility index (Phi) is 5.25. The molecule has 8 heteroatoms. The molecule has 172 valence electrons. The SMILES string of the molecule is N#C/C(=C/c1ccc(-c2ccc3c(c2)Sc2ccccc2N3c2ccccc2)c2nonc12)C(=O)O. The normalized spacial score (nSPS) is 12.6. The molecule has 0 atom stereocenters. The summed E-state index contributed by atoms with van der Waals surface area (Å²) in [6, 6.07) is 30.0. The fourth-order valence-corrected chi connectivity index (χ4v) is 5.41. The summed E-state index contributed by atoms with van der Waals surface area (Å²) in [5.41, 5.74) is 5.93. The number of nitriles is 1. The second-order valence-corrected chi connectivity index (χ2v) is 9.15. The molecule has 0 saturated carbocycles. The summed E-state index contributed by atoms with van der Waals surface area (Å²) < 4.78 is 5.00. The fraction of sp³-hybridized carbons (Fsp3) is 0. The van der Waals surface area contributed by atoms with E-state index in [-0.39, 0.29) is 0 Å². The van der Waals surface area contributed by atoms with Crippen LogP contribution in [0.4, 0.5) is 17.1 Å². The molecule has 1 aliphatic rings. The standard InChI is InChI=1S/C28H16N4O3S/c29-16-19(28(33)34)14-18-10-12-21(27-26(18)30-35-31-27)17-11-13-23-25(15-17)36-24-9-5-4-8-22(24)32(23)20-6-2-1-3-7-20/h1-15H,(H,33,34)/b19-14-. The summed E-state index contributed by atoms with van der Waals surface area (Å²) in [4.78, 5) is 15.8. The van der Waals surface area contributed by atoms with Crippen LogP contribution < -0.4 is 4.90 Å². The highest BCUT2D eigenvalue weighted by molar-refractivity contribution is 7.99. The van der Waals surface area contributed by atoms with Crippen molar-refractivity contribution < 1.29 is 14.5 Å². The van der Waals surface area contributed by atoms with E-state index < -0.39 is 11.5 Å². The topological polar surface area (TPSA) is 103 Å². The van der Waals surface area contributed by atoms with Crippen molar-refractivity contribution in [2.24, 2.45) is 0 Å². The maximum atomic E-state index is 11.3. The molecule has 0 bridgehead atoms. The Morgan fingerprint density at radius 2 is 1.67 bits per heavy atom. The van der Waals surface area contributed by atoms with Crippen LogP contribution in [0.1, 0.15) is 5.56 Å². The number of hydrogen-bond donors (Lipinski definition) is 1. The van der Waals surface area contributed by atoms with Crippen molar-refractivity contribution in [3.05, 3.63) is 96.1 Å². The Hall–Kier alpha value is -4.87. The molecule has 0 fully saturated rings. The Bertz CT molecular complexity index is 1720. The van der Waals surface area contributed by atoms with Crippen LogP contribution in [0.3, 0.4) is 0 Å². The van der Waals surface area contributed by atoms with Crippen LogP contribution in [-0.4, -0.2) is 21.4 Å². The van der Waals surface area contributed by atoms with Gasteiger partial charge in [0.15, 0.2) is 0 Å². The van der Waals surface area contributed by atoms with E-state index in [0.29, 0.717) is 16.6 Å². The van der Waals surface area contributed by atoms with Crippen molar-refractivity contribution in [1.29, 1.82) is 5.26 Å². The van der Waals surface area contributed by atoms with Gasteiger partial charge in [-0.25, -0.2) is 9.42 Å². The smallest absolute Gasteiger partial charge is 0.346 e. The summed E-state index contributed by atoms with van der Waals surface area (Å²) in [5.74, 6) is -1.30. The van der Waals surface area contributed by atoms with Gasteiger partial charge in [-0.15, -0.1) is 0 Å². The highest BCUT2D eigenvalue weighted by Crippen LogP contribution is 2.52. The lowest BCUT2D eigenvalue weighted by atomic mass is 9.99. The minimum atomic E-state index is -1.30. The number of nitrogens with zero attached hydrogens (tertiary/aromatic N) is 4. The molecule has 0 aliphatic carbocycles. The monoisotopic (exact) mass is 488 g/mol. The Labute approximate surface area is 209 Å². The lowest BCUT2D eigenvalue weighted by molar-refractivity contribution is -0.132. The van der Waals surface area contributed by atoms with Gasteiger partial charge in [0.1, 0.15) is 22.7 Å². The minimum absolute atomic E-state index is 0.392. The summed E-state index contributed by atoms with van der Waals surface area (Å²) in [6.45, 7) is 0. The van der Waals surface area contributed by atoms with Crippen molar-refractivity contribution in [2.45, 2.75) is 9.79 Å². The predicted octanol–water partition coefficient (Wildman–Crippen LogP) is 6.82. The van der Waals surface area contributed by atoms with Crippen molar-refractivity contribution in [3.63, 3.8) is 0 Å². The van der Waals surface area contributed by atoms with Crippen LogP contribution >= 0.6 is 11.8 Å². The van der Waals surface area contributed by atoms with Gasteiger partial charge in [0.05, 0.1) is 11.4 Å². The van der Waals surface area contributed by atoms with E-state index in [1.165, 1.54) is 6.08 Å². The lowest BCUT2D eigenvalue weighted by Crippen LogP contribution is -2.14. The fourth-order valence-electron chi connectivity index (χ4n) is 4.31. The van der Waals surface area contributed by atoms with E-state index in [1.807, 2.05) is 42.5 Å². The first kappa shape index (κ1) is 21.6. The summed E-state index contributed by atoms with van der Waals surface area (Å²) in [5, 5.41) is 26.4. The predicted molar refractivity (Wildman–Crippen MR) is 137 cm³/mol. The molecule has 1 aliphatic heterocycles. The molecule has 7 nitrogen and oxygen atoms in total. The summed E-state index contributed by atoms with van der Waals surface area (Å²) in [7, 11) is 0. The van der Waals surface area contributed by atoms with Gasteiger partial charge in [0, 0.05) is 26.6 Å². The number of aliphatic carboxylic acids is 1. The Morgan fingerprint density at radius 1 is 0.917 bits per heavy atom. The number of para-hydroxylation sites is 2. The van der Waals surface area contributed by atoms with Gasteiger partial charge in [0.25, 0.3) is 0 Å². The van der Waals surface area contributed by atoms with Crippen LogP contribution in [0, 0.1) is 11.3 Å². The number of hydrogen-bond acceptors (Lipinski definition) is 7. The molecule has 0 saturated heterocycles. The molecule has 0 radical (unpaired) electrons. The molecule has 36 heavy (non-hydrogen) atoms. The molecule has 2 heterocycles. The maximum absolute atomic E-state index is 11.3. The lowest BCUT2D eigenvalue weighted by Gasteiger charge is -2.33. The van der Waals surface area contributed by atoms with Gasteiger partial charge in [-0.2, -0.15) is 5.26 Å². The number of rotatable bonds is 4. The molecule has 4 aromatic carbocycles. The number of benzene rings is 4. The number of fused-ring (bicyclic) bond motifs is 3. The first-order chi connectivity index (χ1) is 17.6. The first-order valence-electron chi connectivity index (χ1n) is 11.0. The van der Waals surface area contributed by atoms with Crippen molar-refractivity contribution in [2.75, 3.05) is 4.90 Å². The maximum Gasteiger partial charge on any atom is 0.346 e. The number of aromatic nitrogens is 2. The third-order valence-electron chi connectivity index (χ3n) is 5.95. The quantitative estimate of drug-likeness (QED) is 0.213. The van der Waals surface area contributed by atoms with Crippen LogP contribution in [0.25, 0.3) is 28.2 Å². The molecule has 6 rings (SSSR count). The van der Waals surface area contributed by atoms with Crippen molar-refractivity contribution in [1.82, 2.24) is 10.3 Å². The van der Waals surface area contributed by atoms with E-state index >= 15 is 0 Å². The third kappa shape index (κ3) is 3.59. The van der Waals surface area contributed by atoms with Gasteiger partial charge in [-0.3, -0.25) is 0 Å². The second-order valence-electron chi connectivity index (χ2n) is 8.06. The zero-order valence-corrected chi connectivity index (χ0v) is 19.4. The minimum Gasteiger partial charge on any atom is -0.477 e. The molecular formula is C28H16N4O3S. The molecule has 1 N–H and O–H groups in total. The van der Waals surface area contributed by atoms with Gasteiger partial charge in [-0.1, -0.05) is 60.3 Å². The number of carboxylic acid groups (broad SMARTS) is 1. The second kappa shape index (κ2) is 8.73. The van der Waals surface area contributed by atoms with E-state index in [0.717, 1.165) is 38.0 Å². The molecule has 5 aromatic rings. The van der Waals surface area contributed by atoms with Crippen molar-refractivity contribution >= 4 is 51.9 Å². The van der Waals surface area contributed by atoms with Gasteiger partial charge >= 0.3 is 5.97 Å². The Balaban J connectivity index is 1.48. The van der Waals surface area contributed by atoms with E-state index in [2.05, 4.69) is 51.6 Å². The zero-order chi connectivity index (χ0) is 24.6. The average molecular weight is 489 g/mol. The van der Waals surface area contributed by atoms with E-state index in [4.69, 9.17) is 9.89 Å². The Morgan fingerprint density at radius 3 is 2.47 bits per heavy atom. The van der Waals surface area contributed by atoms with Gasteiger partial charge in [0.2, 0.25) is 0 Å². The highest BCUT2D eigenvalue weighted by atomic mass is 32.2. The van der Waals surface area contributed by atoms with Gasteiger partial charge in [-0.05, 0) is 58.4 Å². The summed E-state index contributed by atoms with van der Waals surface area (Å²) in [6.07, 6.45) is 1.27. The average Bonchev–Trinajstić information content (AvgIpc) is 3.41. The van der Waals surface area contributed by atoms with Crippen LogP contribution in [-0.2, 0) is 4.79 Å². The van der Waals surface area contributed by atoms with Crippen LogP contribution in [0.5, 0.6) is 0 Å². The third-order valence-corrected chi connectivity index (χ3v) is 7.06. The molecule has 0 spiro atoms. The van der Waals surface area contributed by atoms with Crippen molar-refractivity contribution in [3.8, 4) is 17.2 Å². The van der Waals surface area contributed by atoms with Gasteiger partial charge < -0.3 is 10.0 Å². The largest absolute Gasteiger partial charge is 0.477 e. The van der Waals surface area contributed by atoms with E-state index in [1.54, 1.807) is 23.9 Å². The molecular weight excluding hydrogens is 472 g/mol. The number of carbonyl (C=O) groups is 1. The zero-order valence-electron chi connectivity index (χ0n) is 18.6. The van der Waals surface area contributed by atoms with E-state index in [9.17, 15) is 9.90 Å². The highest BCUT2D eigenvalue weighted by Gasteiger charge is 2.25. The first-order valence-corrected chi connectivity index (χ1v) is 11.8. The summed E-state index contributed by atoms with van der Waals surface area (Å²) >= 11 is 1.70. The molecule has 0 unspecified atom stereocenters. The molecule has 0 amide bonds. The van der Waals surface area contributed by atoms with Crippen LogP contribution in [0.15, 0.2) is 105 Å². The number of anilines is 3. The number of carboxylic acids is 1. The molecule has 1 aromatic heterocycles.